The average Bonchev–Trinajstić information content (AvgIpc) is 3.29. The topological polar surface area (TPSA) is 90.1 Å². The van der Waals surface area contributed by atoms with Gasteiger partial charge in [0.05, 0.1) is 7.11 Å². The number of anilines is 2. The molecule has 0 atom stereocenters. The van der Waals surface area contributed by atoms with Gasteiger partial charge in [-0.15, -0.1) is 20.4 Å². The highest BCUT2D eigenvalue weighted by molar-refractivity contribution is 8.01. The Morgan fingerprint density at radius 1 is 1.07 bits per heavy atom. The van der Waals surface area contributed by atoms with Crippen molar-refractivity contribution < 1.29 is 13.5 Å². The van der Waals surface area contributed by atoms with Crippen LogP contribution in [0.15, 0.2) is 45.8 Å². The number of halogens is 2. The first-order valence-electron chi connectivity index (χ1n) is 7.55. The molecule has 0 amide bonds. The summed E-state index contributed by atoms with van der Waals surface area (Å²) in [5.41, 5.74) is 1.10. The molecule has 0 aliphatic heterocycles. The maximum Gasteiger partial charge on any atom is 0.299 e. The summed E-state index contributed by atoms with van der Waals surface area (Å²) >= 11 is 2.54. The molecule has 12 heteroatoms. The van der Waals surface area contributed by atoms with Gasteiger partial charge in [-0.2, -0.15) is 9.61 Å². The van der Waals surface area contributed by atoms with Gasteiger partial charge in [0.2, 0.25) is 11.0 Å². The summed E-state index contributed by atoms with van der Waals surface area (Å²) in [5.74, 6) is 0.263. The SMILES string of the molecule is COc1ccc(Nc2nnc(Sc3ccc4nnc(C(F)F)n4n3)s2)cc1. The van der Waals surface area contributed by atoms with Crippen LogP contribution in [0.2, 0.25) is 0 Å². The molecule has 0 saturated heterocycles. The van der Waals surface area contributed by atoms with Gasteiger partial charge in [0.1, 0.15) is 10.8 Å². The van der Waals surface area contributed by atoms with Crippen molar-refractivity contribution in [1.29, 1.82) is 0 Å². The molecule has 4 rings (SSSR count). The molecule has 27 heavy (non-hydrogen) atoms. The third-order valence-corrected chi connectivity index (χ3v) is 5.21. The van der Waals surface area contributed by atoms with Gasteiger partial charge in [-0.1, -0.05) is 11.3 Å². The minimum absolute atomic E-state index is 0.258. The van der Waals surface area contributed by atoms with Gasteiger partial charge in [-0.3, -0.25) is 0 Å². The predicted molar refractivity (Wildman–Crippen MR) is 96.0 cm³/mol. The van der Waals surface area contributed by atoms with Crippen LogP contribution in [0, 0.1) is 0 Å². The second-order valence-corrected chi connectivity index (χ2v) is 7.37. The van der Waals surface area contributed by atoms with Crippen LogP contribution >= 0.6 is 23.1 Å². The molecule has 3 aromatic heterocycles. The normalized spacial score (nSPS) is 11.3. The lowest BCUT2D eigenvalue weighted by Gasteiger charge is -2.03. The summed E-state index contributed by atoms with van der Waals surface area (Å²) in [5, 5.41) is 23.6. The third-order valence-electron chi connectivity index (χ3n) is 3.40. The van der Waals surface area contributed by atoms with E-state index < -0.39 is 12.2 Å². The molecule has 0 aliphatic rings. The molecule has 0 unspecified atom stereocenters. The highest BCUT2D eigenvalue weighted by Gasteiger charge is 2.17. The molecule has 0 fully saturated rings. The Labute approximate surface area is 159 Å². The van der Waals surface area contributed by atoms with Gasteiger partial charge < -0.3 is 10.1 Å². The summed E-state index contributed by atoms with van der Waals surface area (Å²) < 4.78 is 32.6. The number of alkyl halides is 2. The van der Waals surface area contributed by atoms with E-state index in [-0.39, 0.29) is 5.65 Å². The van der Waals surface area contributed by atoms with Gasteiger partial charge in [-0.25, -0.2) is 8.78 Å². The summed E-state index contributed by atoms with van der Waals surface area (Å²) in [7, 11) is 1.60. The molecule has 0 aliphatic carbocycles. The lowest BCUT2D eigenvalue weighted by molar-refractivity contribution is 0.137. The minimum atomic E-state index is -2.76. The van der Waals surface area contributed by atoms with E-state index in [2.05, 4.69) is 30.8 Å². The largest absolute Gasteiger partial charge is 0.497 e. The number of ether oxygens (including phenoxy) is 1. The third kappa shape index (κ3) is 3.80. The zero-order valence-electron chi connectivity index (χ0n) is 13.7. The van der Waals surface area contributed by atoms with Crippen molar-refractivity contribution in [3.63, 3.8) is 0 Å². The summed E-state index contributed by atoms with van der Waals surface area (Å²) in [4.78, 5) is 0. The molecule has 1 N–H and O–H groups in total. The van der Waals surface area contributed by atoms with Crippen LogP contribution in [0.4, 0.5) is 19.6 Å². The summed E-state index contributed by atoms with van der Waals surface area (Å²) in [6, 6.07) is 10.6. The van der Waals surface area contributed by atoms with E-state index in [0.29, 0.717) is 14.5 Å². The van der Waals surface area contributed by atoms with Crippen LogP contribution < -0.4 is 10.1 Å². The van der Waals surface area contributed by atoms with Crippen molar-refractivity contribution in [2.75, 3.05) is 12.4 Å². The van der Waals surface area contributed by atoms with Crippen LogP contribution in [-0.2, 0) is 0 Å². The Balaban J connectivity index is 1.50. The molecule has 8 nitrogen and oxygen atoms in total. The number of fused-ring (bicyclic) bond motifs is 1. The van der Waals surface area contributed by atoms with Crippen molar-refractivity contribution in [3.05, 3.63) is 42.2 Å². The summed E-state index contributed by atoms with van der Waals surface area (Å²) in [6.07, 6.45) is -2.76. The number of nitrogens with zero attached hydrogens (tertiary/aromatic N) is 6. The maximum absolute atomic E-state index is 12.9. The first-order chi connectivity index (χ1) is 13.1. The lowest BCUT2D eigenvalue weighted by atomic mass is 10.3. The maximum atomic E-state index is 12.9. The second-order valence-electron chi connectivity index (χ2n) is 5.13. The molecule has 0 radical (unpaired) electrons. The zero-order valence-corrected chi connectivity index (χ0v) is 15.3. The lowest BCUT2D eigenvalue weighted by Crippen LogP contribution is -2.00. The molecular weight excluding hydrogens is 396 g/mol. The van der Waals surface area contributed by atoms with Crippen molar-refractivity contribution in [2.24, 2.45) is 0 Å². The zero-order chi connectivity index (χ0) is 18.8. The molecule has 3 heterocycles. The van der Waals surface area contributed by atoms with Gasteiger partial charge in [0, 0.05) is 5.69 Å². The number of hydrogen-bond donors (Lipinski definition) is 1. The average molecular weight is 407 g/mol. The monoisotopic (exact) mass is 407 g/mol. The Morgan fingerprint density at radius 3 is 2.63 bits per heavy atom. The Bertz CT molecular complexity index is 1070. The number of aromatic nitrogens is 6. The van der Waals surface area contributed by atoms with Gasteiger partial charge in [0.15, 0.2) is 9.99 Å². The van der Waals surface area contributed by atoms with E-state index in [4.69, 9.17) is 4.74 Å². The number of nitrogens with one attached hydrogen (secondary N) is 1. The van der Waals surface area contributed by atoms with Gasteiger partial charge in [0.25, 0.3) is 6.43 Å². The first-order valence-corrected chi connectivity index (χ1v) is 9.18. The number of methoxy groups -OCH3 is 1. The van der Waals surface area contributed by atoms with Crippen molar-refractivity contribution in [1.82, 2.24) is 30.0 Å². The number of hydrogen-bond acceptors (Lipinski definition) is 9. The fourth-order valence-corrected chi connectivity index (χ4v) is 3.84. The molecule has 0 spiro atoms. The van der Waals surface area contributed by atoms with Gasteiger partial charge >= 0.3 is 0 Å². The van der Waals surface area contributed by atoms with Crippen LogP contribution in [-0.4, -0.2) is 37.1 Å². The van der Waals surface area contributed by atoms with Crippen LogP contribution in [0.25, 0.3) is 5.65 Å². The van der Waals surface area contributed by atoms with E-state index in [1.807, 2.05) is 24.3 Å². The smallest absolute Gasteiger partial charge is 0.299 e. The molecule has 0 bridgehead atoms. The molecule has 4 aromatic rings. The van der Waals surface area contributed by atoms with E-state index in [9.17, 15) is 8.78 Å². The van der Waals surface area contributed by atoms with Crippen molar-refractivity contribution >= 4 is 39.6 Å². The second kappa shape index (κ2) is 7.40. The Kier molecular flexibility index (Phi) is 4.81. The molecular formula is C15H11F2N7OS2. The fourth-order valence-electron chi connectivity index (χ4n) is 2.17. The summed E-state index contributed by atoms with van der Waals surface area (Å²) in [6.45, 7) is 0. The molecule has 1 aromatic carbocycles. The van der Waals surface area contributed by atoms with Crippen LogP contribution in [0.1, 0.15) is 12.2 Å². The predicted octanol–water partition coefficient (Wildman–Crippen LogP) is 3.82. The molecule has 0 saturated carbocycles. The first kappa shape index (κ1) is 17.5. The van der Waals surface area contributed by atoms with Crippen LogP contribution in [0.5, 0.6) is 5.75 Å². The van der Waals surface area contributed by atoms with Gasteiger partial charge in [-0.05, 0) is 48.2 Å². The van der Waals surface area contributed by atoms with E-state index in [0.717, 1.165) is 16.0 Å². The number of benzene rings is 1. The van der Waals surface area contributed by atoms with E-state index in [1.165, 1.54) is 23.1 Å². The number of rotatable bonds is 6. The highest BCUT2D eigenvalue weighted by Crippen LogP contribution is 2.32. The standard InChI is InChI=1S/C15H11F2N7OS2/c1-25-9-4-2-8(3-5-9)18-14-21-22-15(27-14)26-11-7-6-10-19-20-13(12(16)17)24(10)23-11/h2-7,12H,1H3,(H,18,21). The molecule has 138 valence electrons. The quantitative estimate of drug-likeness (QED) is 0.516. The van der Waals surface area contributed by atoms with Crippen LogP contribution in [0.3, 0.4) is 0 Å². The fraction of sp³-hybridized carbons (Fsp3) is 0.133. The van der Waals surface area contributed by atoms with Crippen molar-refractivity contribution in [3.8, 4) is 5.75 Å². The van der Waals surface area contributed by atoms with Crippen molar-refractivity contribution in [2.45, 2.75) is 15.8 Å². The Hall–Kier alpha value is -2.86. The van der Waals surface area contributed by atoms with E-state index >= 15 is 0 Å². The van der Waals surface area contributed by atoms with E-state index in [1.54, 1.807) is 19.2 Å². The minimum Gasteiger partial charge on any atom is -0.497 e. The Morgan fingerprint density at radius 2 is 1.89 bits per heavy atom. The highest BCUT2D eigenvalue weighted by atomic mass is 32.2.